The Morgan fingerprint density at radius 2 is 1.43 bits per heavy atom. The molecule has 3 rings (SSSR count). The zero-order valence-corrected chi connectivity index (χ0v) is 16.5. The van der Waals surface area contributed by atoms with Gasteiger partial charge in [0.2, 0.25) is 10.0 Å². The maximum absolute atomic E-state index is 13.0. The molecular formula is C20H25F2N3O2S. The lowest BCUT2D eigenvalue weighted by molar-refractivity contribution is 0.255. The Morgan fingerprint density at radius 3 is 2.04 bits per heavy atom. The average molecular weight is 410 g/mol. The van der Waals surface area contributed by atoms with Crippen LogP contribution in [0.2, 0.25) is 0 Å². The predicted octanol–water partition coefficient (Wildman–Crippen LogP) is 2.60. The largest absolute Gasteiger partial charge is 0.369 e. The zero-order chi connectivity index (χ0) is 20.0. The number of halogens is 2. The first-order chi connectivity index (χ1) is 13.4. The molecule has 1 N–H and O–H groups in total. The van der Waals surface area contributed by atoms with E-state index in [1.54, 1.807) is 12.1 Å². The van der Waals surface area contributed by atoms with Crippen molar-refractivity contribution in [3.05, 3.63) is 65.7 Å². The van der Waals surface area contributed by atoms with E-state index in [2.05, 4.69) is 14.5 Å². The summed E-state index contributed by atoms with van der Waals surface area (Å²) in [6.45, 7) is 4.70. The molecule has 0 saturated carbocycles. The van der Waals surface area contributed by atoms with Crippen LogP contribution in [0.4, 0.5) is 14.5 Å². The molecule has 0 amide bonds. The monoisotopic (exact) mass is 409 g/mol. The van der Waals surface area contributed by atoms with E-state index < -0.39 is 10.0 Å². The van der Waals surface area contributed by atoms with Crippen molar-refractivity contribution in [2.75, 3.05) is 44.2 Å². The van der Waals surface area contributed by atoms with Crippen LogP contribution in [0.15, 0.2) is 48.5 Å². The van der Waals surface area contributed by atoms with Crippen LogP contribution in [0.25, 0.3) is 0 Å². The van der Waals surface area contributed by atoms with E-state index in [-0.39, 0.29) is 17.4 Å². The van der Waals surface area contributed by atoms with E-state index in [4.69, 9.17) is 0 Å². The normalized spacial score (nSPS) is 15.7. The van der Waals surface area contributed by atoms with Crippen molar-refractivity contribution in [2.24, 2.45) is 0 Å². The summed E-state index contributed by atoms with van der Waals surface area (Å²) >= 11 is 0. The number of benzene rings is 2. The highest BCUT2D eigenvalue weighted by molar-refractivity contribution is 7.88. The maximum Gasteiger partial charge on any atom is 0.215 e. The zero-order valence-electron chi connectivity index (χ0n) is 15.7. The molecular weight excluding hydrogens is 384 g/mol. The van der Waals surface area contributed by atoms with Gasteiger partial charge in [-0.2, -0.15) is 0 Å². The van der Waals surface area contributed by atoms with Crippen LogP contribution >= 0.6 is 0 Å². The molecule has 0 atom stereocenters. The molecule has 2 aromatic rings. The van der Waals surface area contributed by atoms with E-state index >= 15 is 0 Å². The van der Waals surface area contributed by atoms with Crippen LogP contribution in [-0.2, 0) is 15.8 Å². The van der Waals surface area contributed by atoms with Crippen molar-refractivity contribution < 1.29 is 17.2 Å². The second kappa shape index (κ2) is 9.45. The fourth-order valence-electron chi connectivity index (χ4n) is 3.26. The summed E-state index contributed by atoms with van der Waals surface area (Å²) in [5, 5.41) is 0. The van der Waals surface area contributed by atoms with E-state index in [1.165, 1.54) is 36.4 Å². The second-order valence-electron chi connectivity index (χ2n) is 6.94. The average Bonchev–Trinajstić information content (AvgIpc) is 2.68. The number of anilines is 1. The fourth-order valence-corrected chi connectivity index (χ4v) is 4.45. The summed E-state index contributed by atoms with van der Waals surface area (Å²) < 4.78 is 52.7. The topological polar surface area (TPSA) is 52.7 Å². The van der Waals surface area contributed by atoms with Crippen LogP contribution in [0.5, 0.6) is 0 Å². The molecule has 0 aromatic heterocycles. The lowest BCUT2D eigenvalue weighted by Crippen LogP contribution is -2.47. The molecule has 0 unspecified atom stereocenters. The van der Waals surface area contributed by atoms with Gasteiger partial charge in [-0.25, -0.2) is 21.9 Å². The van der Waals surface area contributed by atoms with Gasteiger partial charge in [0.25, 0.3) is 0 Å². The third-order valence-electron chi connectivity index (χ3n) is 4.81. The smallest absolute Gasteiger partial charge is 0.215 e. The Bertz CT molecular complexity index is 850. The van der Waals surface area contributed by atoms with Gasteiger partial charge in [0.1, 0.15) is 11.6 Å². The molecule has 0 radical (unpaired) electrons. The van der Waals surface area contributed by atoms with E-state index in [1.807, 2.05) is 0 Å². The quantitative estimate of drug-likeness (QED) is 0.681. The highest BCUT2D eigenvalue weighted by Crippen LogP contribution is 2.17. The summed E-state index contributed by atoms with van der Waals surface area (Å²) in [6, 6.07) is 12.0. The molecule has 0 spiro atoms. The maximum atomic E-state index is 13.0. The number of piperazine rings is 1. The summed E-state index contributed by atoms with van der Waals surface area (Å²) in [6.07, 6.45) is 0.721. The Hall–Kier alpha value is -2.03. The SMILES string of the molecule is O=S(=O)(Cc1ccc(F)cc1)NCCCN1CCN(c2ccc(F)cc2)CC1. The first kappa shape index (κ1) is 20.7. The lowest BCUT2D eigenvalue weighted by Gasteiger charge is -2.36. The Balaban J connectivity index is 1.35. The fraction of sp³-hybridized carbons (Fsp3) is 0.400. The minimum atomic E-state index is -3.43. The molecule has 28 heavy (non-hydrogen) atoms. The Labute approximate surface area is 165 Å². The van der Waals surface area contributed by atoms with Crippen LogP contribution < -0.4 is 9.62 Å². The van der Waals surface area contributed by atoms with Crippen molar-refractivity contribution >= 4 is 15.7 Å². The van der Waals surface area contributed by atoms with Gasteiger partial charge in [-0.1, -0.05) is 12.1 Å². The Kier molecular flexibility index (Phi) is 6.98. The number of nitrogens with zero attached hydrogens (tertiary/aromatic N) is 2. The van der Waals surface area contributed by atoms with Gasteiger partial charge in [0, 0.05) is 38.4 Å². The first-order valence-corrected chi connectivity index (χ1v) is 11.0. The molecule has 1 aliphatic rings. The number of sulfonamides is 1. The molecule has 152 valence electrons. The lowest BCUT2D eigenvalue weighted by atomic mass is 10.2. The molecule has 1 saturated heterocycles. The van der Waals surface area contributed by atoms with E-state index in [0.29, 0.717) is 12.1 Å². The molecule has 5 nitrogen and oxygen atoms in total. The number of hydrogen-bond acceptors (Lipinski definition) is 4. The minimum absolute atomic E-state index is 0.149. The summed E-state index contributed by atoms with van der Waals surface area (Å²) in [5.74, 6) is -0.762. The first-order valence-electron chi connectivity index (χ1n) is 9.36. The molecule has 1 fully saturated rings. The number of rotatable bonds is 8. The molecule has 0 aliphatic carbocycles. The van der Waals surface area contributed by atoms with Gasteiger partial charge in [-0.3, -0.25) is 4.90 Å². The highest BCUT2D eigenvalue weighted by atomic mass is 32.2. The number of hydrogen-bond donors (Lipinski definition) is 1. The Morgan fingerprint density at radius 1 is 0.857 bits per heavy atom. The molecule has 0 bridgehead atoms. The van der Waals surface area contributed by atoms with Crippen LogP contribution in [-0.4, -0.2) is 52.6 Å². The second-order valence-corrected chi connectivity index (χ2v) is 8.75. The van der Waals surface area contributed by atoms with Gasteiger partial charge in [-0.05, 0) is 54.9 Å². The van der Waals surface area contributed by atoms with Gasteiger partial charge in [0.05, 0.1) is 5.75 Å². The van der Waals surface area contributed by atoms with Crippen LogP contribution in [0.1, 0.15) is 12.0 Å². The van der Waals surface area contributed by atoms with Crippen molar-refractivity contribution in [2.45, 2.75) is 12.2 Å². The van der Waals surface area contributed by atoms with Gasteiger partial charge >= 0.3 is 0 Å². The van der Waals surface area contributed by atoms with Crippen LogP contribution in [0, 0.1) is 11.6 Å². The molecule has 1 heterocycles. The van der Waals surface area contributed by atoms with Crippen molar-refractivity contribution in [3.63, 3.8) is 0 Å². The molecule has 1 aliphatic heterocycles. The highest BCUT2D eigenvalue weighted by Gasteiger charge is 2.17. The molecule has 8 heteroatoms. The minimum Gasteiger partial charge on any atom is -0.369 e. The third-order valence-corrected chi connectivity index (χ3v) is 6.16. The third kappa shape index (κ3) is 6.25. The summed E-state index contributed by atoms with van der Waals surface area (Å²) in [7, 11) is -3.43. The van der Waals surface area contributed by atoms with Crippen LogP contribution in [0.3, 0.4) is 0 Å². The van der Waals surface area contributed by atoms with Crippen molar-refractivity contribution in [1.82, 2.24) is 9.62 Å². The standard InChI is InChI=1S/C20H25F2N3O2S/c21-18-4-2-17(3-5-18)16-28(26,27)23-10-1-11-24-12-14-25(15-13-24)20-8-6-19(22)7-9-20/h2-9,23H,1,10-16H2. The van der Waals surface area contributed by atoms with E-state index in [0.717, 1.165) is 44.8 Å². The summed E-state index contributed by atoms with van der Waals surface area (Å²) in [4.78, 5) is 4.52. The van der Waals surface area contributed by atoms with Gasteiger partial charge < -0.3 is 4.90 Å². The predicted molar refractivity (Wildman–Crippen MR) is 107 cm³/mol. The summed E-state index contributed by atoms with van der Waals surface area (Å²) in [5.41, 5.74) is 1.58. The van der Waals surface area contributed by atoms with Gasteiger partial charge in [0.15, 0.2) is 0 Å². The molecule has 2 aromatic carbocycles. The van der Waals surface area contributed by atoms with Crippen molar-refractivity contribution in [3.8, 4) is 0 Å². The van der Waals surface area contributed by atoms with Crippen molar-refractivity contribution in [1.29, 1.82) is 0 Å². The van der Waals surface area contributed by atoms with Gasteiger partial charge in [-0.15, -0.1) is 0 Å². The van der Waals surface area contributed by atoms with E-state index in [9.17, 15) is 17.2 Å². The number of nitrogens with one attached hydrogen (secondary N) is 1.